The van der Waals surface area contributed by atoms with Crippen molar-refractivity contribution < 1.29 is 0 Å². The molecule has 0 atom stereocenters. The van der Waals surface area contributed by atoms with E-state index in [2.05, 4.69) is 42.6 Å². The van der Waals surface area contributed by atoms with Crippen molar-refractivity contribution in [2.75, 3.05) is 5.32 Å². The first-order valence-electron chi connectivity index (χ1n) is 6.14. The van der Waals surface area contributed by atoms with Crippen molar-refractivity contribution in [3.05, 3.63) is 65.2 Å². The van der Waals surface area contributed by atoms with E-state index in [1.165, 1.54) is 5.56 Å². The third-order valence-electron chi connectivity index (χ3n) is 2.98. The summed E-state index contributed by atoms with van der Waals surface area (Å²) < 4.78 is 0. The molecular weight excluding hydrogens is 220 g/mol. The molecule has 0 unspecified atom stereocenters. The fraction of sp³-hybridized carbons (Fsp3) is 0.188. The van der Waals surface area contributed by atoms with Crippen molar-refractivity contribution in [3.63, 3.8) is 0 Å². The zero-order valence-corrected chi connectivity index (χ0v) is 10.5. The Hall–Kier alpha value is -2.27. The van der Waals surface area contributed by atoms with Crippen LogP contribution in [0.5, 0.6) is 0 Å². The maximum absolute atomic E-state index is 9.01. The van der Waals surface area contributed by atoms with Gasteiger partial charge in [0, 0.05) is 12.2 Å². The lowest BCUT2D eigenvalue weighted by atomic mass is 10.1. The Morgan fingerprint density at radius 1 is 1.06 bits per heavy atom. The Balaban J connectivity index is 2.05. The third-order valence-corrected chi connectivity index (χ3v) is 2.98. The van der Waals surface area contributed by atoms with Gasteiger partial charge in [-0.05, 0) is 35.7 Å². The van der Waals surface area contributed by atoms with Crippen LogP contribution in [0, 0.1) is 11.3 Å². The fourth-order valence-corrected chi connectivity index (χ4v) is 1.84. The van der Waals surface area contributed by atoms with Gasteiger partial charge in [0.2, 0.25) is 0 Å². The molecule has 0 aromatic heterocycles. The van der Waals surface area contributed by atoms with E-state index in [9.17, 15) is 0 Å². The number of hydrogen-bond donors (Lipinski definition) is 1. The van der Waals surface area contributed by atoms with Crippen LogP contribution in [0.4, 0.5) is 5.69 Å². The lowest BCUT2D eigenvalue weighted by molar-refractivity contribution is 1.12. The van der Waals surface area contributed by atoms with Gasteiger partial charge in [-0.2, -0.15) is 5.26 Å². The van der Waals surface area contributed by atoms with Crippen LogP contribution < -0.4 is 5.32 Å². The van der Waals surface area contributed by atoms with Crippen LogP contribution in [0.3, 0.4) is 0 Å². The zero-order valence-electron chi connectivity index (χ0n) is 10.5. The largest absolute Gasteiger partial charge is 0.381 e. The monoisotopic (exact) mass is 236 g/mol. The summed E-state index contributed by atoms with van der Waals surface area (Å²) in [6.45, 7) is 2.82. The first kappa shape index (κ1) is 12.2. The van der Waals surface area contributed by atoms with Gasteiger partial charge < -0.3 is 5.32 Å². The van der Waals surface area contributed by atoms with Crippen LogP contribution >= 0.6 is 0 Å². The van der Waals surface area contributed by atoms with E-state index in [0.717, 1.165) is 23.2 Å². The lowest BCUT2D eigenvalue weighted by Gasteiger charge is -2.08. The molecule has 0 fully saturated rings. The first-order chi connectivity index (χ1) is 8.83. The van der Waals surface area contributed by atoms with E-state index in [1.807, 2.05) is 24.3 Å². The quantitative estimate of drug-likeness (QED) is 0.878. The summed E-state index contributed by atoms with van der Waals surface area (Å²) in [4.78, 5) is 0. The maximum Gasteiger partial charge on any atom is 0.0995 e. The van der Waals surface area contributed by atoms with Crippen LogP contribution in [0.25, 0.3) is 0 Å². The normalized spacial score (nSPS) is 9.78. The summed E-state index contributed by atoms with van der Waals surface area (Å²) in [6, 6.07) is 18.3. The van der Waals surface area contributed by atoms with E-state index in [-0.39, 0.29) is 0 Å². The summed E-state index contributed by atoms with van der Waals surface area (Å²) >= 11 is 0. The molecule has 0 radical (unpaired) electrons. The number of benzene rings is 2. The van der Waals surface area contributed by atoms with Crippen LogP contribution in [-0.4, -0.2) is 0 Å². The van der Waals surface area contributed by atoms with E-state index in [0.29, 0.717) is 6.54 Å². The van der Waals surface area contributed by atoms with Crippen LogP contribution in [0.15, 0.2) is 48.5 Å². The van der Waals surface area contributed by atoms with Gasteiger partial charge in [-0.15, -0.1) is 0 Å². The summed E-state index contributed by atoms with van der Waals surface area (Å²) in [5.74, 6) is 0. The molecule has 90 valence electrons. The van der Waals surface area contributed by atoms with Gasteiger partial charge in [0.1, 0.15) is 0 Å². The highest BCUT2D eigenvalue weighted by atomic mass is 14.9. The molecule has 18 heavy (non-hydrogen) atoms. The number of nitriles is 1. The van der Waals surface area contributed by atoms with E-state index >= 15 is 0 Å². The Kier molecular flexibility index (Phi) is 3.98. The smallest absolute Gasteiger partial charge is 0.0995 e. The van der Waals surface area contributed by atoms with Gasteiger partial charge in [-0.1, -0.05) is 37.3 Å². The standard InChI is InChI=1S/C16H16N2/c1-2-13-7-9-16(10-8-13)18-12-15-6-4-3-5-14(15)11-17/h3-10,18H,2,12H2,1H3. The molecule has 0 saturated carbocycles. The molecule has 0 saturated heterocycles. The minimum Gasteiger partial charge on any atom is -0.381 e. The van der Waals surface area contributed by atoms with Crippen molar-refractivity contribution in [1.82, 2.24) is 0 Å². The maximum atomic E-state index is 9.01. The molecule has 2 nitrogen and oxygen atoms in total. The van der Waals surface area contributed by atoms with Gasteiger partial charge in [-0.3, -0.25) is 0 Å². The Morgan fingerprint density at radius 2 is 1.78 bits per heavy atom. The van der Waals surface area contributed by atoms with Crippen molar-refractivity contribution in [2.45, 2.75) is 19.9 Å². The van der Waals surface area contributed by atoms with Crippen molar-refractivity contribution in [3.8, 4) is 6.07 Å². The van der Waals surface area contributed by atoms with Crippen molar-refractivity contribution in [1.29, 1.82) is 5.26 Å². The number of aryl methyl sites for hydroxylation is 1. The minimum absolute atomic E-state index is 0.676. The topological polar surface area (TPSA) is 35.8 Å². The van der Waals surface area contributed by atoms with Crippen molar-refractivity contribution in [2.24, 2.45) is 0 Å². The van der Waals surface area contributed by atoms with Gasteiger partial charge >= 0.3 is 0 Å². The van der Waals surface area contributed by atoms with E-state index in [4.69, 9.17) is 5.26 Å². The average Bonchev–Trinajstić information content (AvgIpc) is 2.46. The molecule has 0 spiro atoms. The molecule has 2 heteroatoms. The highest BCUT2D eigenvalue weighted by molar-refractivity contribution is 5.47. The lowest BCUT2D eigenvalue weighted by Crippen LogP contribution is -2.01. The van der Waals surface area contributed by atoms with E-state index in [1.54, 1.807) is 0 Å². The summed E-state index contributed by atoms with van der Waals surface area (Å²) in [5.41, 5.74) is 4.17. The Labute approximate surface area is 108 Å². The highest BCUT2D eigenvalue weighted by Gasteiger charge is 2.00. The van der Waals surface area contributed by atoms with Crippen LogP contribution in [0.2, 0.25) is 0 Å². The molecular formula is C16H16N2. The molecule has 0 aliphatic carbocycles. The molecule has 2 aromatic carbocycles. The first-order valence-corrected chi connectivity index (χ1v) is 6.14. The average molecular weight is 236 g/mol. The molecule has 1 N–H and O–H groups in total. The number of anilines is 1. The fourth-order valence-electron chi connectivity index (χ4n) is 1.84. The highest BCUT2D eigenvalue weighted by Crippen LogP contribution is 2.13. The van der Waals surface area contributed by atoms with Crippen LogP contribution in [0.1, 0.15) is 23.6 Å². The molecule has 2 aromatic rings. The molecule has 0 amide bonds. The second-order valence-electron chi connectivity index (χ2n) is 4.17. The molecule has 0 aliphatic heterocycles. The second kappa shape index (κ2) is 5.88. The Morgan fingerprint density at radius 3 is 2.44 bits per heavy atom. The molecule has 0 aliphatic rings. The van der Waals surface area contributed by atoms with Crippen LogP contribution in [-0.2, 0) is 13.0 Å². The number of hydrogen-bond acceptors (Lipinski definition) is 2. The predicted molar refractivity (Wildman–Crippen MR) is 74.3 cm³/mol. The van der Waals surface area contributed by atoms with Gasteiger partial charge in [0.25, 0.3) is 0 Å². The molecule has 2 rings (SSSR count). The van der Waals surface area contributed by atoms with Gasteiger partial charge in [0.15, 0.2) is 0 Å². The predicted octanol–water partition coefficient (Wildman–Crippen LogP) is 3.73. The summed E-state index contributed by atoms with van der Waals surface area (Å²) in [7, 11) is 0. The van der Waals surface area contributed by atoms with E-state index < -0.39 is 0 Å². The summed E-state index contributed by atoms with van der Waals surface area (Å²) in [6.07, 6.45) is 1.05. The van der Waals surface area contributed by atoms with Gasteiger partial charge in [-0.25, -0.2) is 0 Å². The number of nitrogens with zero attached hydrogens (tertiary/aromatic N) is 1. The minimum atomic E-state index is 0.676. The second-order valence-corrected chi connectivity index (χ2v) is 4.17. The number of nitrogens with one attached hydrogen (secondary N) is 1. The van der Waals surface area contributed by atoms with Gasteiger partial charge in [0.05, 0.1) is 11.6 Å². The zero-order chi connectivity index (χ0) is 12.8. The van der Waals surface area contributed by atoms with Crippen molar-refractivity contribution >= 4 is 5.69 Å². The molecule has 0 bridgehead atoms. The summed E-state index contributed by atoms with van der Waals surface area (Å²) in [5, 5.41) is 12.3. The Bertz CT molecular complexity index is 550. The SMILES string of the molecule is CCc1ccc(NCc2ccccc2C#N)cc1. The molecule has 0 heterocycles. The number of rotatable bonds is 4. The third kappa shape index (κ3) is 2.89.